The molecule has 156 valence electrons. The molecule has 0 N–H and O–H groups in total. The van der Waals surface area contributed by atoms with Gasteiger partial charge in [-0.1, -0.05) is 50.1 Å². The number of hydrogen-bond acceptors (Lipinski definition) is 2. The molecule has 0 spiro atoms. The van der Waals surface area contributed by atoms with Gasteiger partial charge in [0.15, 0.2) is 8.32 Å². The molecular formula is C24H44O2Si. The van der Waals surface area contributed by atoms with E-state index < -0.39 is 8.32 Å². The lowest BCUT2D eigenvalue weighted by atomic mass is 10.0. The first-order valence-electron chi connectivity index (χ1n) is 10.9. The molecule has 0 fully saturated rings. The fourth-order valence-corrected chi connectivity index (χ4v) is 5.81. The second-order valence-electron chi connectivity index (χ2n) is 8.04. The molecule has 0 amide bonds. The molecule has 27 heavy (non-hydrogen) atoms. The highest BCUT2D eigenvalue weighted by atomic mass is 28.4. The molecule has 0 aliphatic heterocycles. The maximum atomic E-state index is 11.3. The van der Waals surface area contributed by atoms with Crippen LogP contribution in [-0.2, 0) is 9.22 Å². The Hall–Kier alpha value is -0.933. The molecule has 0 saturated heterocycles. The second kappa shape index (κ2) is 15.0. The van der Waals surface area contributed by atoms with Crippen LogP contribution < -0.4 is 0 Å². The summed E-state index contributed by atoms with van der Waals surface area (Å²) in [5.74, 6) is 0.265. The summed E-state index contributed by atoms with van der Waals surface area (Å²) in [4.78, 5) is 11.3. The molecule has 2 nitrogen and oxygen atoms in total. The average molecular weight is 393 g/mol. The van der Waals surface area contributed by atoms with Crippen LogP contribution in [0.1, 0.15) is 87.0 Å². The quantitative estimate of drug-likeness (QED) is 0.210. The summed E-state index contributed by atoms with van der Waals surface area (Å²) in [6.07, 6.45) is 12.8. The van der Waals surface area contributed by atoms with E-state index in [1.165, 1.54) is 34.9 Å². The van der Waals surface area contributed by atoms with E-state index in [-0.39, 0.29) is 5.78 Å². The Morgan fingerprint density at radius 3 is 1.85 bits per heavy atom. The van der Waals surface area contributed by atoms with E-state index in [0.717, 1.165) is 38.7 Å². The molecule has 0 radical (unpaired) electrons. The van der Waals surface area contributed by atoms with Crippen LogP contribution in [0.25, 0.3) is 0 Å². The Morgan fingerprint density at radius 1 is 0.778 bits per heavy atom. The summed E-state index contributed by atoms with van der Waals surface area (Å²) in [6.45, 7) is 15.8. The van der Waals surface area contributed by atoms with Crippen LogP contribution in [0.5, 0.6) is 0 Å². The number of rotatable bonds is 15. The zero-order chi connectivity index (χ0) is 20.7. The van der Waals surface area contributed by atoms with Crippen LogP contribution in [0.4, 0.5) is 0 Å². The fraction of sp³-hybridized carbons (Fsp3) is 0.708. The van der Waals surface area contributed by atoms with E-state index in [1.54, 1.807) is 6.92 Å². The van der Waals surface area contributed by atoms with Crippen molar-refractivity contribution in [3.63, 3.8) is 0 Å². The molecule has 0 unspecified atom stereocenters. The van der Waals surface area contributed by atoms with Gasteiger partial charge in [-0.25, -0.2) is 0 Å². The van der Waals surface area contributed by atoms with Crippen LogP contribution in [0, 0.1) is 0 Å². The minimum atomic E-state index is -1.56. The van der Waals surface area contributed by atoms with Gasteiger partial charge in [-0.3, -0.25) is 0 Å². The number of carbonyl (C=O) groups is 1. The van der Waals surface area contributed by atoms with Gasteiger partial charge >= 0.3 is 0 Å². The molecule has 0 aliphatic carbocycles. The maximum Gasteiger partial charge on any atom is 0.192 e. The maximum absolute atomic E-state index is 11.3. The SMILES string of the molecule is CC[Si](CC)(CC)OC/C(=C\CCC(C)=O)CC/C=C(\C)CCC=C(C)C. The molecule has 0 bridgehead atoms. The number of allylic oxidation sites excluding steroid dienone is 5. The number of carbonyl (C=O) groups excluding carboxylic acids is 1. The zero-order valence-electron chi connectivity index (χ0n) is 19.1. The van der Waals surface area contributed by atoms with Gasteiger partial charge in [0.05, 0.1) is 6.61 Å². The van der Waals surface area contributed by atoms with Crippen LogP contribution in [-0.4, -0.2) is 20.7 Å². The van der Waals surface area contributed by atoms with Crippen molar-refractivity contribution < 1.29 is 9.22 Å². The van der Waals surface area contributed by atoms with Gasteiger partial charge in [-0.05, 0) is 83.5 Å². The highest BCUT2D eigenvalue weighted by Crippen LogP contribution is 2.23. The summed E-state index contributed by atoms with van der Waals surface area (Å²) in [6, 6.07) is 3.55. The molecule has 0 rings (SSSR count). The predicted molar refractivity (Wildman–Crippen MR) is 123 cm³/mol. The van der Waals surface area contributed by atoms with Crippen molar-refractivity contribution in [1.82, 2.24) is 0 Å². The van der Waals surface area contributed by atoms with E-state index in [4.69, 9.17) is 4.43 Å². The van der Waals surface area contributed by atoms with E-state index in [2.05, 4.69) is 59.8 Å². The Labute approximate surface area is 170 Å². The monoisotopic (exact) mass is 392 g/mol. The Kier molecular flexibility index (Phi) is 14.5. The molecule has 0 aromatic rings. The van der Waals surface area contributed by atoms with Crippen molar-refractivity contribution >= 4 is 14.1 Å². The largest absolute Gasteiger partial charge is 0.413 e. The lowest BCUT2D eigenvalue weighted by molar-refractivity contribution is -0.116. The zero-order valence-corrected chi connectivity index (χ0v) is 20.1. The van der Waals surface area contributed by atoms with Crippen molar-refractivity contribution in [2.24, 2.45) is 0 Å². The minimum Gasteiger partial charge on any atom is -0.413 e. The third-order valence-electron chi connectivity index (χ3n) is 5.48. The summed E-state index contributed by atoms with van der Waals surface area (Å²) < 4.78 is 6.50. The third kappa shape index (κ3) is 13.0. The standard InChI is InChI=1S/C24H44O2Si/c1-8-27(9-2,10-3)26-20-24(19-13-17-23(7)25)18-12-16-22(6)15-11-14-21(4)5/h14,16,19H,8-13,15,17-18,20H2,1-7H3/b22-16+,24-19-. The first-order chi connectivity index (χ1) is 12.8. The summed E-state index contributed by atoms with van der Waals surface area (Å²) in [5, 5.41) is 0. The third-order valence-corrected chi connectivity index (χ3v) is 10.1. The van der Waals surface area contributed by atoms with E-state index in [0.29, 0.717) is 6.42 Å². The average Bonchev–Trinajstić information content (AvgIpc) is 2.62. The van der Waals surface area contributed by atoms with Gasteiger partial charge in [0.2, 0.25) is 0 Å². The number of Topliss-reactive ketones (excluding diaryl/α,β-unsaturated/α-hetero) is 1. The lowest BCUT2D eigenvalue weighted by Gasteiger charge is -2.28. The van der Waals surface area contributed by atoms with E-state index >= 15 is 0 Å². The smallest absolute Gasteiger partial charge is 0.192 e. The van der Waals surface area contributed by atoms with Gasteiger partial charge in [-0.2, -0.15) is 0 Å². The molecule has 0 aromatic heterocycles. The molecule has 0 aromatic carbocycles. The van der Waals surface area contributed by atoms with Gasteiger partial charge in [-0.15, -0.1) is 0 Å². The van der Waals surface area contributed by atoms with Crippen molar-refractivity contribution in [3.05, 3.63) is 34.9 Å². The Bertz CT molecular complexity index is 498. The number of hydrogen-bond donors (Lipinski definition) is 0. The van der Waals surface area contributed by atoms with Gasteiger partial charge in [0, 0.05) is 6.42 Å². The normalized spacial score (nSPS) is 13.0. The Balaban J connectivity index is 4.76. The molecular weight excluding hydrogens is 348 g/mol. The van der Waals surface area contributed by atoms with Gasteiger partial charge < -0.3 is 9.22 Å². The van der Waals surface area contributed by atoms with Crippen LogP contribution in [0.3, 0.4) is 0 Å². The number of ketones is 1. The van der Waals surface area contributed by atoms with Crippen LogP contribution in [0.2, 0.25) is 18.1 Å². The molecule has 0 heterocycles. The van der Waals surface area contributed by atoms with Crippen molar-refractivity contribution in [1.29, 1.82) is 0 Å². The topological polar surface area (TPSA) is 26.3 Å². The van der Waals surface area contributed by atoms with Crippen molar-refractivity contribution in [2.45, 2.75) is 105 Å². The molecule has 0 atom stereocenters. The van der Waals surface area contributed by atoms with Gasteiger partial charge in [0.1, 0.15) is 5.78 Å². The summed E-state index contributed by atoms with van der Waals surface area (Å²) in [5.41, 5.74) is 4.23. The van der Waals surface area contributed by atoms with Crippen LogP contribution >= 0.6 is 0 Å². The molecule has 0 saturated carbocycles. The first-order valence-corrected chi connectivity index (χ1v) is 13.4. The first kappa shape index (κ1) is 26.1. The second-order valence-corrected chi connectivity index (χ2v) is 12.8. The van der Waals surface area contributed by atoms with Crippen LogP contribution in [0.15, 0.2) is 34.9 Å². The van der Waals surface area contributed by atoms with E-state index in [9.17, 15) is 4.79 Å². The van der Waals surface area contributed by atoms with Gasteiger partial charge in [0.25, 0.3) is 0 Å². The van der Waals surface area contributed by atoms with Crippen molar-refractivity contribution in [2.75, 3.05) is 6.61 Å². The fourth-order valence-electron chi connectivity index (χ4n) is 3.21. The van der Waals surface area contributed by atoms with E-state index in [1.807, 2.05) is 0 Å². The Morgan fingerprint density at radius 2 is 1.33 bits per heavy atom. The highest BCUT2D eigenvalue weighted by Gasteiger charge is 2.28. The summed E-state index contributed by atoms with van der Waals surface area (Å²) in [7, 11) is -1.56. The summed E-state index contributed by atoms with van der Waals surface area (Å²) >= 11 is 0. The lowest BCUT2D eigenvalue weighted by Crippen LogP contribution is -2.36. The highest BCUT2D eigenvalue weighted by molar-refractivity contribution is 6.73. The molecule has 3 heteroatoms. The minimum absolute atomic E-state index is 0.265. The predicted octanol–water partition coefficient (Wildman–Crippen LogP) is 7.78. The van der Waals surface area contributed by atoms with Crippen molar-refractivity contribution in [3.8, 4) is 0 Å². The molecule has 0 aliphatic rings.